The Labute approximate surface area is 183 Å². The van der Waals surface area contributed by atoms with Gasteiger partial charge in [-0.1, -0.05) is 45.0 Å². The van der Waals surface area contributed by atoms with Gasteiger partial charge in [-0.05, 0) is 60.6 Å². The van der Waals surface area contributed by atoms with E-state index in [-0.39, 0.29) is 29.1 Å². The Morgan fingerprint density at radius 3 is 2.32 bits per heavy atom. The summed E-state index contributed by atoms with van der Waals surface area (Å²) >= 11 is 0. The van der Waals surface area contributed by atoms with Gasteiger partial charge in [0.1, 0.15) is 6.04 Å². The van der Waals surface area contributed by atoms with Gasteiger partial charge < -0.3 is 16.0 Å². The molecule has 3 amide bonds. The van der Waals surface area contributed by atoms with Crippen molar-refractivity contribution in [3.63, 3.8) is 0 Å². The molecule has 0 radical (unpaired) electrons. The van der Waals surface area contributed by atoms with E-state index >= 15 is 0 Å². The van der Waals surface area contributed by atoms with Gasteiger partial charge in [-0.15, -0.1) is 0 Å². The highest BCUT2D eigenvalue weighted by molar-refractivity contribution is 5.97. The maximum atomic E-state index is 12.5. The quantitative estimate of drug-likeness (QED) is 0.636. The minimum absolute atomic E-state index is 0.0141. The smallest absolute Gasteiger partial charge is 0.251 e. The summed E-state index contributed by atoms with van der Waals surface area (Å²) in [6.45, 7) is 8.32. The number of hydrogen-bond donors (Lipinski definition) is 3. The summed E-state index contributed by atoms with van der Waals surface area (Å²) in [7, 11) is 0. The van der Waals surface area contributed by atoms with Crippen LogP contribution >= 0.6 is 0 Å². The molecule has 3 N–H and O–H groups in total. The van der Waals surface area contributed by atoms with Crippen LogP contribution in [0.4, 0.5) is 5.69 Å². The third-order valence-electron chi connectivity index (χ3n) is 5.36. The second kappa shape index (κ2) is 9.33. The van der Waals surface area contributed by atoms with E-state index in [9.17, 15) is 14.4 Å². The molecule has 0 aromatic heterocycles. The highest BCUT2D eigenvalue weighted by Crippen LogP contribution is 2.30. The van der Waals surface area contributed by atoms with Crippen molar-refractivity contribution in [3.05, 3.63) is 65.2 Å². The molecule has 2 aromatic carbocycles. The average Bonchev–Trinajstić information content (AvgIpc) is 3.57. The normalized spacial score (nSPS) is 14.5. The maximum Gasteiger partial charge on any atom is 0.251 e. The first-order valence-electron chi connectivity index (χ1n) is 10.7. The first-order valence-corrected chi connectivity index (χ1v) is 10.7. The van der Waals surface area contributed by atoms with Crippen molar-refractivity contribution in [3.8, 4) is 0 Å². The van der Waals surface area contributed by atoms with Crippen LogP contribution in [0.15, 0.2) is 48.5 Å². The fourth-order valence-corrected chi connectivity index (χ4v) is 3.16. The number of anilines is 1. The van der Waals surface area contributed by atoms with Crippen molar-refractivity contribution in [2.75, 3.05) is 5.32 Å². The molecule has 1 saturated carbocycles. The largest absolute Gasteiger partial charge is 0.350 e. The Morgan fingerprint density at radius 1 is 1.03 bits per heavy atom. The van der Waals surface area contributed by atoms with Crippen LogP contribution in [-0.2, 0) is 21.5 Å². The van der Waals surface area contributed by atoms with Gasteiger partial charge in [0.05, 0.1) is 0 Å². The molecule has 3 rings (SSSR count). The lowest BCUT2D eigenvalue weighted by Crippen LogP contribution is -2.44. The first-order chi connectivity index (χ1) is 14.6. The predicted molar refractivity (Wildman–Crippen MR) is 122 cm³/mol. The van der Waals surface area contributed by atoms with Gasteiger partial charge >= 0.3 is 0 Å². The number of carbonyl (C=O) groups is 3. The summed E-state index contributed by atoms with van der Waals surface area (Å²) in [5, 5.41) is 8.48. The van der Waals surface area contributed by atoms with Crippen LogP contribution in [0.5, 0.6) is 0 Å². The molecule has 1 aliphatic carbocycles. The van der Waals surface area contributed by atoms with E-state index in [0.29, 0.717) is 12.1 Å². The van der Waals surface area contributed by atoms with E-state index in [4.69, 9.17) is 0 Å². The average molecular weight is 422 g/mol. The molecule has 1 aliphatic rings. The molecule has 1 unspecified atom stereocenters. The van der Waals surface area contributed by atoms with Crippen LogP contribution < -0.4 is 16.0 Å². The van der Waals surface area contributed by atoms with Crippen molar-refractivity contribution in [1.29, 1.82) is 0 Å². The molecule has 0 saturated heterocycles. The lowest BCUT2D eigenvalue weighted by atomic mass is 9.86. The summed E-state index contributed by atoms with van der Waals surface area (Å²) in [5.41, 5.74) is 3.28. The Kier molecular flexibility index (Phi) is 6.78. The van der Waals surface area contributed by atoms with Gasteiger partial charge in [0.15, 0.2) is 0 Å². The van der Waals surface area contributed by atoms with Crippen LogP contribution in [0.2, 0.25) is 0 Å². The van der Waals surface area contributed by atoms with Gasteiger partial charge in [-0.25, -0.2) is 0 Å². The summed E-state index contributed by atoms with van der Waals surface area (Å²) in [5.74, 6) is -0.370. The van der Waals surface area contributed by atoms with E-state index in [2.05, 4.69) is 36.7 Å². The van der Waals surface area contributed by atoms with Crippen LogP contribution in [0.1, 0.15) is 62.0 Å². The van der Waals surface area contributed by atoms with E-state index in [1.54, 1.807) is 19.1 Å². The lowest BCUT2D eigenvalue weighted by molar-refractivity contribution is -0.122. The first kappa shape index (κ1) is 22.5. The Balaban J connectivity index is 1.50. The number of nitrogens with one attached hydrogen (secondary N) is 3. The molecule has 164 valence electrons. The van der Waals surface area contributed by atoms with E-state index in [1.807, 2.05) is 36.4 Å². The summed E-state index contributed by atoms with van der Waals surface area (Å²) in [6, 6.07) is 14.2. The van der Waals surface area contributed by atoms with Gasteiger partial charge in [0, 0.05) is 23.7 Å². The van der Waals surface area contributed by atoms with E-state index in [0.717, 1.165) is 29.7 Å². The molecule has 0 aliphatic heterocycles. The molecular formula is C25H31N3O3. The summed E-state index contributed by atoms with van der Waals surface area (Å²) in [6.07, 6.45) is 1.90. The molecule has 31 heavy (non-hydrogen) atoms. The van der Waals surface area contributed by atoms with Gasteiger partial charge in [0.25, 0.3) is 5.91 Å². The molecule has 0 bridgehead atoms. The highest BCUT2D eigenvalue weighted by atomic mass is 16.2. The monoisotopic (exact) mass is 421 g/mol. The van der Waals surface area contributed by atoms with Crippen LogP contribution in [-0.4, -0.2) is 23.8 Å². The van der Waals surface area contributed by atoms with Gasteiger partial charge in [-0.2, -0.15) is 0 Å². The molecule has 1 fully saturated rings. The standard InChI is InChI=1S/C25H31N3O3/c1-16(27-23(30)19-10-12-20(13-11-19)25(2,3)4)22(29)26-15-17-6-5-7-21(14-17)28-24(31)18-8-9-18/h5-7,10-14,16,18H,8-9,15H2,1-4H3,(H,26,29)(H,27,30)(H,28,31). The summed E-state index contributed by atoms with van der Waals surface area (Å²) < 4.78 is 0. The zero-order valence-electron chi connectivity index (χ0n) is 18.6. The molecule has 1 atom stereocenters. The molecular weight excluding hydrogens is 390 g/mol. The van der Waals surface area contributed by atoms with Crippen molar-refractivity contribution < 1.29 is 14.4 Å². The zero-order chi connectivity index (χ0) is 22.6. The highest BCUT2D eigenvalue weighted by Gasteiger charge is 2.29. The number of hydrogen-bond acceptors (Lipinski definition) is 3. The fraction of sp³-hybridized carbons (Fsp3) is 0.400. The maximum absolute atomic E-state index is 12.5. The SMILES string of the molecule is CC(NC(=O)c1ccc(C(C)(C)C)cc1)C(=O)NCc1cccc(NC(=O)C2CC2)c1. The Hall–Kier alpha value is -3.15. The van der Waals surface area contributed by atoms with Crippen molar-refractivity contribution in [1.82, 2.24) is 10.6 Å². The number of amides is 3. The molecule has 0 heterocycles. The van der Waals surface area contributed by atoms with Crippen molar-refractivity contribution >= 4 is 23.4 Å². The Bertz CT molecular complexity index is 957. The van der Waals surface area contributed by atoms with Crippen LogP contribution in [0.3, 0.4) is 0 Å². The summed E-state index contributed by atoms with van der Waals surface area (Å²) in [4.78, 5) is 36.8. The number of carbonyl (C=O) groups excluding carboxylic acids is 3. The Morgan fingerprint density at radius 2 is 1.71 bits per heavy atom. The third kappa shape index (κ3) is 6.41. The molecule has 6 heteroatoms. The topological polar surface area (TPSA) is 87.3 Å². The predicted octanol–water partition coefficient (Wildman–Crippen LogP) is 3.77. The molecule has 0 spiro atoms. The third-order valence-corrected chi connectivity index (χ3v) is 5.36. The van der Waals surface area contributed by atoms with Crippen LogP contribution in [0, 0.1) is 5.92 Å². The number of benzene rings is 2. The fourth-order valence-electron chi connectivity index (χ4n) is 3.16. The van der Waals surface area contributed by atoms with Gasteiger partial charge in [0.2, 0.25) is 11.8 Å². The second-order valence-corrected chi connectivity index (χ2v) is 9.20. The van der Waals surface area contributed by atoms with Crippen LogP contribution in [0.25, 0.3) is 0 Å². The molecule has 2 aromatic rings. The van der Waals surface area contributed by atoms with Crippen molar-refractivity contribution in [2.24, 2.45) is 5.92 Å². The lowest BCUT2D eigenvalue weighted by Gasteiger charge is -2.19. The molecule has 6 nitrogen and oxygen atoms in total. The van der Waals surface area contributed by atoms with Crippen molar-refractivity contribution in [2.45, 2.75) is 58.5 Å². The second-order valence-electron chi connectivity index (χ2n) is 9.20. The van der Waals surface area contributed by atoms with E-state index in [1.165, 1.54) is 0 Å². The number of rotatable bonds is 7. The zero-order valence-corrected chi connectivity index (χ0v) is 18.6. The minimum atomic E-state index is -0.674. The van der Waals surface area contributed by atoms with Gasteiger partial charge in [-0.3, -0.25) is 14.4 Å². The van der Waals surface area contributed by atoms with E-state index < -0.39 is 6.04 Å². The minimum Gasteiger partial charge on any atom is -0.350 e.